The Bertz CT molecular complexity index is 258. The molecule has 6 nitrogen and oxygen atoms in total. The zero-order valence-electron chi connectivity index (χ0n) is 7.47. The predicted molar refractivity (Wildman–Crippen MR) is 46.3 cm³/mol. The summed E-state index contributed by atoms with van der Waals surface area (Å²) in [5.74, 6) is 4.81. The van der Waals surface area contributed by atoms with E-state index < -0.39 is 0 Å². The lowest BCUT2D eigenvalue weighted by molar-refractivity contribution is -0.124. The molecule has 3 N–H and O–H groups in total. The summed E-state index contributed by atoms with van der Waals surface area (Å²) in [5.41, 5.74) is 2.11. The van der Waals surface area contributed by atoms with Gasteiger partial charge in [-0.25, -0.2) is 15.5 Å². The van der Waals surface area contributed by atoms with Gasteiger partial charge < -0.3 is 0 Å². The van der Waals surface area contributed by atoms with Gasteiger partial charge in [-0.2, -0.15) is 5.10 Å². The second kappa shape index (κ2) is 4.56. The standard InChI is InChI=1S/C7H13N5O/c1-2-3-6(7(13)11-8)12-5-9-4-10-12/h4-6H,2-3,8H2,1H3,(H,11,13). The number of hydrazine groups is 1. The van der Waals surface area contributed by atoms with Crippen molar-refractivity contribution < 1.29 is 4.79 Å². The maximum atomic E-state index is 11.3. The van der Waals surface area contributed by atoms with Crippen LogP contribution in [0.25, 0.3) is 0 Å². The Hall–Kier alpha value is -1.43. The second-order valence-corrected chi connectivity index (χ2v) is 2.69. The number of carbonyl (C=O) groups is 1. The third-order valence-corrected chi connectivity index (χ3v) is 1.76. The Morgan fingerprint density at radius 3 is 3.00 bits per heavy atom. The second-order valence-electron chi connectivity index (χ2n) is 2.69. The normalized spacial score (nSPS) is 12.5. The first-order chi connectivity index (χ1) is 6.29. The van der Waals surface area contributed by atoms with Crippen LogP contribution in [0.2, 0.25) is 0 Å². The van der Waals surface area contributed by atoms with Gasteiger partial charge in [0.15, 0.2) is 0 Å². The third-order valence-electron chi connectivity index (χ3n) is 1.76. The predicted octanol–water partition coefficient (Wildman–Crippen LogP) is -0.391. The molecule has 1 aromatic rings. The van der Waals surface area contributed by atoms with E-state index in [-0.39, 0.29) is 11.9 Å². The summed E-state index contributed by atoms with van der Waals surface area (Å²) in [5, 5.41) is 3.89. The van der Waals surface area contributed by atoms with Crippen LogP contribution in [0.1, 0.15) is 25.8 Å². The molecule has 1 rings (SSSR count). The van der Waals surface area contributed by atoms with Crippen LogP contribution in [-0.4, -0.2) is 20.7 Å². The van der Waals surface area contributed by atoms with Crippen molar-refractivity contribution in [2.24, 2.45) is 5.84 Å². The van der Waals surface area contributed by atoms with Crippen molar-refractivity contribution in [2.45, 2.75) is 25.8 Å². The molecule has 0 aliphatic heterocycles. The molecule has 0 bridgehead atoms. The van der Waals surface area contributed by atoms with Gasteiger partial charge in [-0.15, -0.1) is 0 Å². The Kier molecular flexibility index (Phi) is 3.39. The van der Waals surface area contributed by atoms with Gasteiger partial charge in [-0.05, 0) is 6.42 Å². The minimum absolute atomic E-state index is 0.243. The summed E-state index contributed by atoms with van der Waals surface area (Å²) in [6.07, 6.45) is 4.49. The van der Waals surface area contributed by atoms with Crippen molar-refractivity contribution in [3.05, 3.63) is 12.7 Å². The molecule has 0 fully saturated rings. The van der Waals surface area contributed by atoms with E-state index in [4.69, 9.17) is 5.84 Å². The SMILES string of the molecule is CCCC(C(=O)NN)n1cncn1. The summed E-state index contributed by atoms with van der Waals surface area (Å²) < 4.78 is 1.51. The smallest absolute Gasteiger partial charge is 0.258 e. The number of hydrogen-bond donors (Lipinski definition) is 2. The molecule has 0 saturated heterocycles. The van der Waals surface area contributed by atoms with Crippen LogP contribution in [-0.2, 0) is 4.79 Å². The first kappa shape index (κ1) is 9.66. The molecule has 1 amide bonds. The topological polar surface area (TPSA) is 85.8 Å². The van der Waals surface area contributed by atoms with E-state index in [9.17, 15) is 4.79 Å². The lowest BCUT2D eigenvalue weighted by atomic mass is 10.1. The van der Waals surface area contributed by atoms with E-state index in [0.29, 0.717) is 6.42 Å². The van der Waals surface area contributed by atoms with Crippen molar-refractivity contribution >= 4 is 5.91 Å². The van der Waals surface area contributed by atoms with E-state index in [1.54, 1.807) is 0 Å². The van der Waals surface area contributed by atoms with Crippen LogP contribution in [0.4, 0.5) is 0 Å². The van der Waals surface area contributed by atoms with Crippen LogP contribution in [0.3, 0.4) is 0 Å². The van der Waals surface area contributed by atoms with Gasteiger partial charge in [0.05, 0.1) is 0 Å². The summed E-state index contributed by atoms with van der Waals surface area (Å²) in [6.45, 7) is 1.99. The quantitative estimate of drug-likeness (QED) is 0.378. The van der Waals surface area contributed by atoms with Crippen LogP contribution in [0.15, 0.2) is 12.7 Å². The Labute approximate surface area is 76.1 Å². The van der Waals surface area contributed by atoms with Crippen LogP contribution in [0, 0.1) is 0 Å². The largest absolute Gasteiger partial charge is 0.292 e. The lowest BCUT2D eigenvalue weighted by Gasteiger charge is -2.13. The number of nitrogens with two attached hydrogens (primary N) is 1. The number of aromatic nitrogens is 3. The number of carbonyl (C=O) groups excluding carboxylic acids is 1. The maximum absolute atomic E-state index is 11.3. The van der Waals surface area contributed by atoms with E-state index in [1.807, 2.05) is 6.92 Å². The van der Waals surface area contributed by atoms with E-state index in [0.717, 1.165) is 6.42 Å². The van der Waals surface area contributed by atoms with Gasteiger partial charge in [0, 0.05) is 0 Å². The highest BCUT2D eigenvalue weighted by Crippen LogP contribution is 2.10. The summed E-state index contributed by atoms with van der Waals surface area (Å²) in [6, 6.07) is -0.350. The van der Waals surface area contributed by atoms with E-state index in [2.05, 4.69) is 15.5 Å². The summed E-state index contributed by atoms with van der Waals surface area (Å²) >= 11 is 0. The highest BCUT2D eigenvalue weighted by Gasteiger charge is 2.18. The van der Waals surface area contributed by atoms with Gasteiger partial charge in [0.2, 0.25) is 0 Å². The fourth-order valence-corrected chi connectivity index (χ4v) is 1.13. The molecule has 0 aliphatic rings. The minimum atomic E-state index is -0.350. The number of nitrogens with one attached hydrogen (secondary N) is 1. The Balaban J connectivity index is 2.74. The molecule has 1 atom stereocenters. The molecule has 0 aromatic carbocycles. The zero-order valence-corrected chi connectivity index (χ0v) is 7.47. The number of rotatable bonds is 4. The Morgan fingerprint density at radius 2 is 2.54 bits per heavy atom. The highest BCUT2D eigenvalue weighted by atomic mass is 16.2. The molecule has 0 aliphatic carbocycles. The van der Waals surface area contributed by atoms with Crippen molar-refractivity contribution in [1.29, 1.82) is 0 Å². The van der Waals surface area contributed by atoms with Gasteiger partial charge >= 0.3 is 0 Å². The maximum Gasteiger partial charge on any atom is 0.258 e. The molecule has 0 spiro atoms. The Morgan fingerprint density at radius 1 is 1.77 bits per heavy atom. The molecule has 13 heavy (non-hydrogen) atoms. The van der Waals surface area contributed by atoms with Crippen LogP contribution >= 0.6 is 0 Å². The molecule has 1 heterocycles. The van der Waals surface area contributed by atoms with Gasteiger partial charge in [0.25, 0.3) is 5.91 Å². The lowest BCUT2D eigenvalue weighted by Crippen LogP contribution is -2.37. The highest BCUT2D eigenvalue weighted by molar-refractivity contribution is 5.79. The summed E-state index contributed by atoms with van der Waals surface area (Å²) in [4.78, 5) is 15.0. The molecular formula is C7H13N5O. The molecule has 6 heteroatoms. The van der Waals surface area contributed by atoms with Crippen LogP contribution in [0.5, 0.6) is 0 Å². The van der Waals surface area contributed by atoms with Gasteiger partial charge in [-0.3, -0.25) is 10.2 Å². The van der Waals surface area contributed by atoms with Gasteiger partial charge in [-0.1, -0.05) is 13.3 Å². The molecular weight excluding hydrogens is 170 g/mol. The van der Waals surface area contributed by atoms with Crippen LogP contribution < -0.4 is 11.3 Å². The average molecular weight is 183 g/mol. The molecule has 1 aromatic heterocycles. The van der Waals surface area contributed by atoms with E-state index >= 15 is 0 Å². The van der Waals surface area contributed by atoms with Crippen molar-refractivity contribution in [2.75, 3.05) is 0 Å². The third kappa shape index (κ3) is 2.25. The number of amides is 1. The first-order valence-electron chi connectivity index (χ1n) is 4.14. The number of hydrogen-bond acceptors (Lipinski definition) is 4. The zero-order chi connectivity index (χ0) is 9.68. The fourth-order valence-electron chi connectivity index (χ4n) is 1.13. The van der Waals surface area contributed by atoms with Crippen molar-refractivity contribution in [1.82, 2.24) is 20.2 Å². The van der Waals surface area contributed by atoms with Gasteiger partial charge in [0.1, 0.15) is 18.7 Å². The minimum Gasteiger partial charge on any atom is -0.292 e. The van der Waals surface area contributed by atoms with Crippen molar-refractivity contribution in [3.63, 3.8) is 0 Å². The molecule has 72 valence electrons. The molecule has 0 saturated carbocycles. The van der Waals surface area contributed by atoms with E-state index in [1.165, 1.54) is 17.3 Å². The number of nitrogens with zero attached hydrogens (tertiary/aromatic N) is 3. The summed E-state index contributed by atoms with van der Waals surface area (Å²) in [7, 11) is 0. The molecule has 0 radical (unpaired) electrons. The fraction of sp³-hybridized carbons (Fsp3) is 0.571. The monoisotopic (exact) mass is 183 g/mol. The average Bonchev–Trinajstić information content (AvgIpc) is 2.65. The first-order valence-corrected chi connectivity index (χ1v) is 4.14. The van der Waals surface area contributed by atoms with Crippen molar-refractivity contribution in [3.8, 4) is 0 Å². The molecule has 1 unspecified atom stereocenters.